The van der Waals surface area contributed by atoms with Crippen molar-refractivity contribution in [1.29, 1.82) is 0 Å². The van der Waals surface area contributed by atoms with E-state index in [4.69, 9.17) is 4.42 Å². The van der Waals surface area contributed by atoms with Crippen LogP contribution in [0.15, 0.2) is 103 Å². The van der Waals surface area contributed by atoms with E-state index in [1.54, 1.807) is 62.6 Å². The average molecular weight is 1180 g/mol. The first kappa shape index (κ1) is 85.3. The molecule has 0 aliphatic heterocycles. The number of aryl methyl sites for hydroxylation is 13. The van der Waals surface area contributed by atoms with E-state index in [0.717, 1.165) is 50.8 Å². The van der Waals surface area contributed by atoms with Gasteiger partial charge in [-0.1, -0.05) is 121 Å². The lowest BCUT2D eigenvalue weighted by Gasteiger charge is -1.74. The van der Waals surface area contributed by atoms with Crippen LogP contribution in [-0.2, 0) is 0 Å². The first-order chi connectivity index (χ1) is 37.2. The Morgan fingerprint density at radius 1 is 0.481 bits per heavy atom. The van der Waals surface area contributed by atoms with Crippen molar-refractivity contribution >= 4 is 69.2 Å². The minimum Gasteiger partial charge on any atom is -0.449 e. The summed E-state index contributed by atoms with van der Waals surface area (Å²) in [6.45, 7) is 53.3. The largest absolute Gasteiger partial charge is 0.449 e. The molecule has 23 heteroatoms. The summed E-state index contributed by atoms with van der Waals surface area (Å²) in [6, 6.07) is 7.59. The Labute approximate surface area is 488 Å². The van der Waals surface area contributed by atoms with Crippen molar-refractivity contribution in [3.05, 3.63) is 156 Å². The van der Waals surface area contributed by atoms with Gasteiger partial charge in [-0.05, 0) is 170 Å². The summed E-state index contributed by atoms with van der Waals surface area (Å²) in [5.41, 5.74) is 6.44. The molecule has 0 saturated carbocycles. The molecule has 0 aromatic carbocycles. The van der Waals surface area contributed by atoms with Crippen LogP contribution in [0.3, 0.4) is 0 Å². The third kappa shape index (κ3) is 62.8. The molecule has 0 saturated heterocycles. The van der Waals surface area contributed by atoms with Crippen molar-refractivity contribution in [3.63, 3.8) is 0 Å². The van der Waals surface area contributed by atoms with Gasteiger partial charge in [-0.15, -0.1) is 10.2 Å². The quantitative estimate of drug-likeness (QED) is 0.138. The van der Waals surface area contributed by atoms with Crippen LogP contribution >= 0.6 is 69.2 Å². The van der Waals surface area contributed by atoms with Crippen LogP contribution in [0.1, 0.15) is 168 Å². The van der Waals surface area contributed by atoms with Gasteiger partial charge in [0.2, 0.25) is 0 Å². The van der Waals surface area contributed by atoms with E-state index >= 15 is 0 Å². The number of oxazole rings is 1. The third-order valence-corrected chi connectivity index (χ3v) is 10.5. The molecule has 0 unspecified atom stereocenters. The van der Waals surface area contributed by atoms with Crippen molar-refractivity contribution in [2.45, 2.75) is 187 Å². The summed E-state index contributed by atoms with van der Waals surface area (Å²) < 4.78 is 41.3. The van der Waals surface area contributed by atoms with E-state index in [1.165, 1.54) is 89.4 Å². The van der Waals surface area contributed by atoms with Gasteiger partial charge in [-0.25, -0.2) is 18.7 Å². The predicted octanol–water partition coefficient (Wildman–Crippen LogP) is 18.9. The molecule has 0 spiro atoms. The van der Waals surface area contributed by atoms with Crippen LogP contribution in [0, 0.1) is 90.0 Å². The normalized spacial score (nSPS) is 7.94. The fourth-order valence-corrected chi connectivity index (χ4v) is 5.74. The lowest BCUT2D eigenvalue weighted by molar-refractivity contribution is 0.397. The van der Waals surface area contributed by atoms with Crippen molar-refractivity contribution in [2.24, 2.45) is 0 Å². The van der Waals surface area contributed by atoms with Gasteiger partial charge < -0.3 is 18.0 Å². The topological polar surface area (TPSA) is 220 Å². The van der Waals surface area contributed by atoms with E-state index in [2.05, 4.69) is 75.7 Å². The van der Waals surface area contributed by atoms with Gasteiger partial charge in [0.05, 0.1) is 41.4 Å². The monoisotopic (exact) mass is 1180 g/mol. The molecule has 10 aromatic rings. The maximum Gasteiger partial charge on any atom is 0.190 e. The van der Waals surface area contributed by atoms with E-state index in [9.17, 15) is 0 Å². The van der Waals surface area contributed by atoms with Crippen LogP contribution in [0.5, 0.6) is 0 Å². The van der Waals surface area contributed by atoms with Gasteiger partial charge in [0.1, 0.15) is 35.4 Å². The lowest BCUT2D eigenvalue weighted by atomic mass is 10.4. The van der Waals surface area contributed by atoms with Crippen molar-refractivity contribution < 1.29 is 18.0 Å². The van der Waals surface area contributed by atoms with Crippen LogP contribution in [0.4, 0.5) is 0 Å². The van der Waals surface area contributed by atoms with Gasteiger partial charge in [0.25, 0.3) is 0 Å². The summed E-state index contributed by atoms with van der Waals surface area (Å²) in [5.74, 6) is 2.45. The highest BCUT2D eigenvalue weighted by Gasteiger charge is 1.92. The van der Waals surface area contributed by atoms with Crippen LogP contribution < -0.4 is 0 Å². The SMILES string of the molecule is CC.CC.CC.CC.CC.CC.CC.Cc1ccno1.Cc1ccns1.Cc1ccon1.Cc1ccsn1.Cc1cnoc1.Cc1cnsc1.Cc1ncco1.Cc1nnsc1C.Cc1nnsc1C.Cc1nsc(C)n1. The van der Waals surface area contributed by atoms with Crippen LogP contribution in [0.25, 0.3) is 0 Å². The number of hydrogen-bond acceptors (Lipinski definition) is 23. The van der Waals surface area contributed by atoms with Gasteiger partial charge >= 0.3 is 0 Å². The molecule has 0 amide bonds. The van der Waals surface area contributed by atoms with Gasteiger partial charge in [-0.2, -0.15) is 8.75 Å². The molecule has 0 radical (unpaired) electrons. The fraction of sp³-hybridized carbons (Fsp3) is 0.500. The zero-order chi connectivity index (χ0) is 60.7. The lowest BCUT2D eigenvalue weighted by Crippen LogP contribution is -1.70. The smallest absolute Gasteiger partial charge is 0.190 e. The molecule has 0 atom stereocenters. The molecule has 10 aromatic heterocycles. The second kappa shape index (κ2) is 68.4. The number of hydrogen-bond donors (Lipinski definition) is 0. The molecule has 10 rings (SSSR count). The summed E-state index contributed by atoms with van der Waals surface area (Å²) in [7, 11) is 0. The Balaban J connectivity index is -0.000000138. The molecular weight excluding hydrogens is 1090 g/mol. The first-order valence-electron chi connectivity index (χ1n) is 25.5. The highest BCUT2D eigenvalue weighted by atomic mass is 32.1. The predicted molar refractivity (Wildman–Crippen MR) is 333 cm³/mol. The molecule has 0 aliphatic carbocycles. The molecule has 0 fully saturated rings. The molecule has 10 heterocycles. The molecule has 0 aliphatic rings. The van der Waals surface area contributed by atoms with E-state index in [1.807, 2.05) is 209 Å². The minimum atomic E-state index is 0.718. The minimum absolute atomic E-state index is 0.718. The van der Waals surface area contributed by atoms with Gasteiger partial charge in [-0.3, -0.25) is 0 Å². The number of nitrogens with zero attached hydrogens (tertiary/aromatic N) is 13. The maximum absolute atomic E-state index is 4.72. The second-order valence-electron chi connectivity index (χ2n) is 12.2. The van der Waals surface area contributed by atoms with Gasteiger partial charge in [0.15, 0.2) is 5.89 Å². The fourth-order valence-electron chi connectivity index (χ4n) is 2.87. The Kier molecular flexibility index (Phi) is 75.8. The van der Waals surface area contributed by atoms with Gasteiger partial charge in [0, 0.05) is 62.4 Å². The standard InChI is InChI=1S/3C4H6N2S.4C4H5NO.3C4H5NS.7C2H6/c1-3-5-4(2)7-6-3;2*1-3-4(2)7-6-5-3;1-4-2-5-6-3-4;1-4-5-2-3-6-4;1-4-2-3-6-5-4;1-4-2-3-5-6-4;1-4-2-5-6-3-4;1-4-2-3-6-5-4;1-4-2-3-5-6-4;7*1-2/h3*1-2H3;7*2-3H,1H3;7*1-2H3. The summed E-state index contributed by atoms with van der Waals surface area (Å²) in [4.78, 5) is 11.5. The Bertz CT molecular complexity index is 2000. The zero-order valence-corrected chi connectivity index (χ0v) is 56.4. The number of rotatable bonds is 0. The van der Waals surface area contributed by atoms with E-state index in [-0.39, 0.29) is 0 Å². The van der Waals surface area contributed by atoms with Crippen LogP contribution in [0.2, 0.25) is 0 Å². The summed E-state index contributed by atoms with van der Waals surface area (Å²) in [6.07, 6.45) is 13.3. The summed E-state index contributed by atoms with van der Waals surface area (Å²) in [5, 5.41) is 23.0. The molecule has 0 bridgehead atoms. The highest BCUT2D eigenvalue weighted by Crippen LogP contribution is 2.05. The Morgan fingerprint density at radius 3 is 1.18 bits per heavy atom. The molecular formula is C54H95N13O4S6. The molecule has 77 heavy (non-hydrogen) atoms. The first-order valence-corrected chi connectivity index (χ1v) is 30.3. The maximum atomic E-state index is 4.72. The summed E-state index contributed by atoms with van der Waals surface area (Å²) >= 11 is 8.84. The zero-order valence-electron chi connectivity index (χ0n) is 51.5. The Morgan fingerprint density at radius 2 is 1.06 bits per heavy atom. The van der Waals surface area contributed by atoms with Crippen LogP contribution in [-0.4, -0.2) is 62.1 Å². The van der Waals surface area contributed by atoms with Crippen molar-refractivity contribution in [1.82, 2.24) is 62.1 Å². The number of aromatic nitrogens is 13. The van der Waals surface area contributed by atoms with Crippen molar-refractivity contribution in [3.8, 4) is 0 Å². The third-order valence-electron chi connectivity index (χ3n) is 6.32. The second-order valence-corrected chi connectivity index (χ2v) is 17.4. The highest BCUT2D eigenvalue weighted by molar-refractivity contribution is 7.06. The molecule has 17 nitrogen and oxygen atoms in total. The molecule has 0 N–H and O–H groups in total. The average Bonchev–Trinajstić information content (AvgIpc) is 4.27. The van der Waals surface area contributed by atoms with E-state index in [0.29, 0.717) is 0 Å². The van der Waals surface area contributed by atoms with Crippen molar-refractivity contribution in [2.75, 3.05) is 0 Å². The molecule has 436 valence electrons. The van der Waals surface area contributed by atoms with E-state index < -0.39 is 0 Å². The Hall–Kier alpha value is -5.59.